The highest BCUT2D eigenvalue weighted by Gasteiger charge is 2.51. The fraction of sp³-hybridized carbons (Fsp3) is 0.692. The van der Waals surface area contributed by atoms with Crippen LogP contribution >= 0.6 is 0 Å². The summed E-state index contributed by atoms with van der Waals surface area (Å²) in [5.74, 6) is 2.90. The number of carbonyl (C=O) groups is 2. The molecule has 2 rings (SSSR count). The number of hydrogen-bond acceptors (Lipinski definition) is 2. The Hall–Kier alpha value is -1.10. The summed E-state index contributed by atoms with van der Waals surface area (Å²) in [5.41, 5.74) is -0.359. The van der Waals surface area contributed by atoms with E-state index in [2.05, 4.69) is 5.92 Å². The van der Waals surface area contributed by atoms with Gasteiger partial charge in [0.1, 0.15) is 11.6 Å². The van der Waals surface area contributed by atoms with Gasteiger partial charge in [0.25, 0.3) is 0 Å². The highest BCUT2D eigenvalue weighted by Crippen LogP contribution is 2.50. The van der Waals surface area contributed by atoms with Crippen molar-refractivity contribution in [2.75, 3.05) is 0 Å². The van der Waals surface area contributed by atoms with Crippen LogP contribution in [0.5, 0.6) is 0 Å². The summed E-state index contributed by atoms with van der Waals surface area (Å²) < 4.78 is 0. The molecule has 2 heteroatoms. The lowest BCUT2D eigenvalue weighted by Crippen LogP contribution is -2.42. The molecule has 2 aliphatic rings. The van der Waals surface area contributed by atoms with Gasteiger partial charge in [0.2, 0.25) is 0 Å². The molecule has 1 spiro atoms. The Bertz CT molecular complexity index is 337. The first-order valence-corrected chi connectivity index (χ1v) is 5.70. The maximum absolute atomic E-state index is 12.0. The number of carbonyl (C=O) groups excluding carboxylic acids is 2. The van der Waals surface area contributed by atoms with E-state index in [0.29, 0.717) is 19.3 Å². The topological polar surface area (TPSA) is 34.1 Å². The van der Waals surface area contributed by atoms with Crippen LogP contribution in [0.3, 0.4) is 0 Å². The lowest BCUT2D eigenvalue weighted by molar-refractivity contribution is -0.141. The van der Waals surface area contributed by atoms with Crippen molar-refractivity contribution in [2.45, 2.75) is 44.9 Å². The molecule has 2 atom stereocenters. The van der Waals surface area contributed by atoms with Gasteiger partial charge in [-0.15, -0.1) is 12.3 Å². The quantitative estimate of drug-likeness (QED) is 0.613. The Morgan fingerprint density at radius 3 is 2.47 bits per heavy atom. The number of terminal acetylenes is 1. The smallest absolute Gasteiger partial charge is 0.139 e. The standard InChI is InChI=1S/C13H16O2/c1-2-5-10-11(14)6-3-8-13(10)9-4-7-12(13)15/h1,10H,3-9H2/t10-,13-/m0/s1. The zero-order chi connectivity index (χ0) is 10.9. The summed E-state index contributed by atoms with van der Waals surface area (Å²) in [6.07, 6.45) is 10.6. The summed E-state index contributed by atoms with van der Waals surface area (Å²) in [7, 11) is 0. The van der Waals surface area contributed by atoms with E-state index in [1.165, 1.54) is 0 Å². The van der Waals surface area contributed by atoms with E-state index >= 15 is 0 Å². The molecule has 0 saturated heterocycles. The minimum atomic E-state index is -0.359. The SMILES string of the molecule is C#CC[C@H]1C(=O)CCC[C@]12CCCC2=O. The predicted molar refractivity (Wildman–Crippen MR) is 57.1 cm³/mol. The Labute approximate surface area is 90.4 Å². The number of Topliss-reactive ketones (excluding diaryl/α,β-unsaturated/α-hetero) is 2. The molecule has 2 nitrogen and oxygen atoms in total. The molecule has 2 aliphatic carbocycles. The van der Waals surface area contributed by atoms with Gasteiger partial charge < -0.3 is 0 Å². The Morgan fingerprint density at radius 1 is 1.27 bits per heavy atom. The largest absolute Gasteiger partial charge is 0.299 e. The Balaban J connectivity index is 2.31. The van der Waals surface area contributed by atoms with Crippen LogP contribution in [0.4, 0.5) is 0 Å². The molecule has 15 heavy (non-hydrogen) atoms. The van der Waals surface area contributed by atoms with Crippen LogP contribution in [-0.2, 0) is 9.59 Å². The third-order valence-corrected chi connectivity index (χ3v) is 4.01. The van der Waals surface area contributed by atoms with Crippen molar-refractivity contribution >= 4 is 11.6 Å². The predicted octanol–water partition coefficient (Wildman–Crippen LogP) is 2.12. The van der Waals surface area contributed by atoms with Crippen molar-refractivity contribution in [1.29, 1.82) is 0 Å². The molecular weight excluding hydrogens is 188 g/mol. The zero-order valence-corrected chi connectivity index (χ0v) is 8.92. The summed E-state index contributed by atoms with van der Waals surface area (Å²) in [6.45, 7) is 0. The summed E-state index contributed by atoms with van der Waals surface area (Å²) in [4.78, 5) is 23.8. The first-order valence-electron chi connectivity index (χ1n) is 5.70. The lowest BCUT2D eigenvalue weighted by Gasteiger charge is -2.38. The zero-order valence-electron chi connectivity index (χ0n) is 8.92. The molecule has 0 bridgehead atoms. The van der Waals surface area contributed by atoms with Crippen LogP contribution in [0.1, 0.15) is 44.9 Å². The molecule has 0 amide bonds. The second kappa shape index (κ2) is 3.81. The molecule has 0 unspecified atom stereocenters. The maximum Gasteiger partial charge on any atom is 0.139 e. The molecular formula is C13H16O2. The highest BCUT2D eigenvalue weighted by molar-refractivity contribution is 5.95. The molecule has 0 heterocycles. The third-order valence-electron chi connectivity index (χ3n) is 4.01. The molecule has 0 radical (unpaired) electrons. The Kier molecular flexibility index (Phi) is 2.65. The molecule has 0 aromatic rings. The number of ketones is 2. The van der Waals surface area contributed by atoms with Crippen molar-refractivity contribution in [1.82, 2.24) is 0 Å². The van der Waals surface area contributed by atoms with Gasteiger partial charge in [0.05, 0.1) is 0 Å². The van der Waals surface area contributed by atoms with E-state index in [1.54, 1.807) is 0 Å². The van der Waals surface area contributed by atoms with E-state index in [4.69, 9.17) is 6.42 Å². The average molecular weight is 204 g/mol. The maximum atomic E-state index is 12.0. The van der Waals surface area contributed by atoms with E-state index < -0.39 is 0 Å². The Morgan fingerprint density at radius 2 is 1.93 bits per heavy atom. The molecule has 0 aromatic heterocycles. The molecule has 80 valence electrons. The third kappa shape index (κ3) is 1.51. The van der Waals surface area contributed by atoms with E-state index in [9.17, 15) is 9.59 Å². The summed E-state index contributed by atoms with van der Waals surface area (Å²) in [5, 5.41) is 0. The van der Waals surface area contributed by atoms with E-state index in [1.807, 2.05) is 0 Å². The van der Waals surface area contributed by atoms with Crippen molar-refractivity contribution in [3.63, 3.8) is 0 Å². The first-order chi connectivity index (χ1) is 7.20. The minimum Gasteiger partial charge on any atom is -0.299 e. The van der Waals surface area contributed by atoms with Crippen LogP contribution in [0.2, 0.25) is 0 Å². The number of hydrogen-bond donors (Lipinski definition) is 0. The van der Waals surface area contributed by atoms with Gasteiger partial charge in [0.15, 0.2) is 0 Å². The molecule has 0 aliphatic heterocycles. The summed E-state index contributed by atoms with van der Waals surface area (Å²) in [6, 6.07) is 0. The van der Waals surface area contributed by atoms with Gasteiger partial charge in [-0.25, -0.2) is 0 Å². The molecule has 0 aromatic carbocycles. The average Bonchev–Trinajstić information content (AvgIpc) is 2.56. The van der Waals surface area contributed by atoms with Gasteiger partial charge in [-0.05, 0) is 25.7 Å². The van der Waals surface area contributed by atoms with Gasteiger partial charge in [0, 0.05) is 30.6 Å². The van der Waals surface area contributed by atoms with Gasteiger partial charge >= 0.3 is 0 Å². The first kappa shape index (κ1) is 10.4. The van der Waals surface area contributed by atoms with Crippen molar-refractivity contribution in [3.05, 3.63) is 0 Å². The second-order valence-electron chi connectivity index (χ2n) is 4.71. The fourth-order valence-electron chi connectivity index (χ4n) is 3.25. The van der Waals surface area contributed by atoms with Crippen molar-refractivity contribution in [2.24, 2.45) is 11.3 Å². The van der Waals surface area contributed by atoms with Crippen LogP contribution in [0.25, 0.3) is 0 Å². The molecule has 0 N–H and O–H groups in total. The van der Waals surface area contributed by atoms with E-state index in [-0.39, 0.29) is 22.9 Å². The highest BCUT2D eigenvalue weighted by atomic mass is 16.1. The second-order valence-corrected chi connectivity index (χ2v) is 4.71. The number of rotatable bonds is 1. The van der Waals surface area contributed by atoms with Gasteiger partial charge in [-0.2, -0.15) is 0 Å². The van der Waals surface area contributed by atoms with E-state index in [0.717, 1.165) is 25.7 Å². The van der Waals surface area contributed by atoms with Crippen LogP contribution < -0.4 is 0 Å². The minimum absolute atomic E-state index is 0.175. The summed E-state index contributed by atoms with van der Waals surface area (Å²) >= 11 is 0. The molecule has 2 saturated carbocycles. The lowest BCUT2D eigenvalue weighted by atomic mass is 9.63. The van der Waals surface area contributed by atoms with Crippen LogP contribution in [0.15, 0.2) is 0 Å². The van der Waals surface area contributed by atoms with Gasteiger partial charge in [-0.3, -0.25) is 9.59 Å². The fourth-order valence-corrected chi connectivity index (χ4v) is 3.25. The van der Waals surface area contributed by atoms with Crippen molar-refractivity contribution < 1.29 is 9.59 Å². The molecule has 2 fully saturated rings. The van der Waals surface area contributed by atoms with Crippen molar-refractivity contribution in [3.8, 4) is 12.3 Å². The van der Waals surface area contributed by atoms with Gasteiger partial charge in [-0.1, -0.05) is 0 Å². The normalized spacial score (nSPS) is 35.8. The monoisotopic (exact) mass is 204 g/mol. The van der Waals surface area contributed by atoms with Crippen LogP contribution in [-0.4, -0.2) is 11.6 Å². The van der Waals surface area contributed by atoms with Crippen LogP contribution in [0, 0.1) is 23.7 Å².